The molecule has 0 spiro atoms. The normalized spacial score (nSPS) is 19.6. The van der Waals surface area contributed by atoms with Crippen LogP contribution in [0.1, 0.15) is 62.8 Å². The Kier molecular flexibility index (Phi) is 7.00. The number of aliphatic hydroxyl groups excluding tert-OH is 1. The van der Waals surface area contributed by atoms with E-state index in [4.69, 9.17) is 14.2 Å². The van der Waals surface area contributed by atoms with E-state index in [9.17, 15) is 19.5 Å². The number of rotatable bonds is 8. The number of benzene rings is 1. The molecule has 0 radical (unpaired) electrons. The largest absolute Gasteiger partial charge is 0.469 e. The van der Waals surface area contributed by atoms with Crippen LogP contribution in [0.4, 0.5) is 0 Å². The fourth-order valence-corrected chi connectivity index (χ4v) is 4.99. The van der Waals surface area contributed by atoms with Gasteiger partial charge in [-0.1, -0.05) is 39.0 Å². The molecule has 0 bridgehead atoms. The van der Waals surface area contributed by atoms with Gasteiger partial charge in [0.25, 0.3) is 0 Å². The summed E-state index contributed by atoms with van der Waals surface area (Å²) in [6, 6.07) is 5.87. The first-order chi connectivity index (χ1) is 16.8. The highest BCUT2D eigenvalue weighted by Crippen LogP contribution is 2.46. The lowest BCUT2D eigenvalue weighted by Gasteiger charge is -2.41. The molecular weight excluding hydrogens is 452 g/mol. The van der Waals surface area contributed by atoms with E-state index < -0.39 is 23.9 Å². The fraction of sp³-hybridized carbons (Fsp3) is 0.500. The predicted molar refractivity (Wildman–Crippen MR) is 127 cm³/mol. The number of carbonyl (C=O) groups excluding carboxylic acids is 3. The van der Waals surface area contributed by atoms with Crippen molar-refractivity contribution in [3.05, 3.63) is 46.7 Å². The van der Waals surface area contributed by atoms with Gasteiger partial charge in [-0.05, 0) is 36.2 Å². The summed E-state index contributed by atoms with van der Waals surface area (Å²) in [5.74, 6) is -4.35. The lowest BCUT2D eigenvalue weighted by Crippen LogP contribution is -2.46. The molecule has 2 heterocycles. The van der Waals surface area contributed by atoms with Crippen LogP contribution in [-0.4, -0.2) is 59.1 Å². The van der Waals surface area contributed by atoms with E-state index in [1.807, 2.05) is 25.2 Å². The van der Waals surface area contributed by atoms with Gasteiger partial charge in [0.1, 0.15) is 0 Å². The molecule has 0 unspecified atom stereocenters. The summed E-state index contributed by atoms with van der Waals surface area (Å²) in [6.45, 7) is 5.43. The molecule has 1 aliphatic carbocycles. The molecule has 1 aliphatic heterocycles. The molecule has 9 heteroatoms. The maximum absolute atomic E-state index is 12.5. The Balaban J connectivity index is 1.96. The van der Waals surface area contributed by atoms with Crippen molar-refractivity contribution in [1.82, 2.24) is 9.88 Å². The number of aromatic amines is 1. The number of hydrogen-bond acceptors (Lipinski definition) is 8. The van der Waals surface area contributed by atoms with Gasteiger partial charge in [0.15, 0.2) is 5.69 Å². The second kappa shape index (κ2) is 9.83. The number of nitrogens with one attached hydrogen (secondary N) is 1. The average Bonchev–Trinajstić information content (AvgIpc) is 3.24. The highest BCUT2D eigenvalue weighted by molar-refractivity contribution is 5.91. The zero-order chi connectivity index (χ0) is 25.3. The van der Waals surface area contributed by atoms with Crippen molar-refractivity contribution in [2.75, 3.05) is 20.2 Å². The van der Waals surface area contributed by atoms with Crippen LogP contribution >= 0.6 is 0 Å². The number of fused-ring (bicyclic) bond motifs is 2. The van der Waals surface area contributed by atoms with Crippen LogP contribution < -0.4 is 0 Å². The summed E-state index contributed by atoms with van der Waals surface area (Å²) < 4.78 is 16.9. The van der Waals surface area contributed by atoms with Gasteiger partial charge in [-0.15, -0.1) is 0 Å². The molecule has 2 aromatic rings. The van der Waals surface area contributed by atoms with Gasteiger partial charge >= 0.3 is 23.9 Å². The molecule has 1 aromatic carbocycles. The topological polar surface area (TPSA) is 118 Å². The van der Waals surface area contributed by atoms with Gasteiger partial charge < -0.3 is 24.3 Å². The summed E-state index contributed by atoms with van der Waals surface area (Å²) in [5, 5.41) is 10.7. The van der Waals surface area contributed by atoms with Crippen molar-refractivity contribution in [2.24, 2.45) is 0 Å². The second-order valence-electron chi connectivity index (χ2n) is 8.98. The number of ether oxygens (including phenoxy) is 3. The Morgan fingerprint density at radius 3 is 2.20 bits per heavy atom. The minimum absolute atomic E-state index is 0.00190. The highest BCUT2D eigenvalue weighted by atomic mass is 16.9. The number of aliphatic hydroxyl groups is 1. The zero-order valence-corrected chi connectivity index (χ0v) is 20.6. The Labute approximate surface area is 204 Å². The number of likely N-dealkylation sites (N-methyl/N-ethyl adjacent to an activating group) is 1. The van der Waals surface area contributed by atoms with E-state index >= 15 is 0 Å². The van der Waals surface area contributed by atoms with Crippen molar-refractivity contribution in [2.45, 2.75) is 64.4 Å². The van der Waals surface area contributed by atoms with E-state index in [1.165, 1.54) is 0 Å². The van der Waals surface area contributed by atoms with Crippen LogP contribution in [0.25, 0.3) is 10.9 Å². The maximum atomic E-state index is 12.5. The summed E-state index contributed by atoms with van der Waals surface area (Å²) in [6.07, 6.45) is 2.64. The molecule has 2 N–H and O–H groups in total. The van der Waals surface area contributed by atoms with Crippen LogP contribution in [-0.2, 0) is 41.0 Å². The van der Waals surface area contributed by atoms with E-state index in [2.05, 4.69) is 16.0 Å². The number of carbonyl (C=O) groups is 3. The average molecular weight is 485 g/mol. The zero-order valence-electron chi connectivity index (χ0n) is 20.6. The van der Waals surface area contributed by atoms with Crippen LogP contribution in [0.3, 0.4) is 0 Å². The number of nitrogens with zero attached hydrogens (tertiary/aromatic N) is 1. The molecule has 0 saturated heterocycles. The molecule has 0 saturated carbocycles. The van der Waals surface area contributed by atoms with Crippen LogP contribution in [0.5, 0.6) is 0 Å². The van der Waals surface area contributed by atoms with E-state index in [0.717, 1.165) is 27.6 Å². The smallest absolute Gasteiger partial charge is 0.392 e. The summed E-state index contributed by atoms with van der Waals surface area (Å²) >= 11 is 0. The van der Waals surface area contributed by atoms with Gasteiger partial charge in [-0.25, -0.2) is 0 Å². The molecule has 1 aromatic heterocycles. The Morgan fingerprint density at radius 1 is 1.06 bits per heavy atom. The van der Waals surface area contributed by atoms with Crippen LogP contribution in [0.15, 0.2) is 29.8 Å². The van der Waals surface area contributed by atoms with E-state index in [0.29, 0.717) is 13.0 Å². The third-order valence-electron chi connectivity index (χ3n) is 6.70. The highest BCUT2D eigenvalue weighted by Gasteiger charge is 2.51. The quantitative estimate of drug-likeness (QED) is 0.334. The Hall–Kier alpha value is -3.17. The minimum Gasteiger partial charge on any atom is -0.392 e. The van der Waals surface area contributed by atoms with Crippen LogP contribution in [0.2, 0.25) is 0 Å². The third kappa shape index (κ3) is 4.46. The van der Waals surface area contributed by atoms with Crippen molar-refractivity contribution in [3.63, 3.8) is 0 Å². The number of aromatic nitrogens is 1. The lowest BCUT2D eigenvalue weighted by molar-refractivity contribution is -0.342. The van der Waals surface area contributed by atoms with Crippen molar-refractivity contribution in [1.29, 1.82) is 0 Å². The first kappa shape index (κ1) is 24.9. The first-order valence-corrected chi connectivity index (χ1v) is 12.1. The SMILES string of the molecule is CCC(=O)OC(OC(=O)CC)(OC(=O)CC)c1[nH]c2cccc3c2c1C[C@@H]1[C@@H]3C=C(CO)CN1C. The molecule has 2 atom stereocenters. The van der Waals surface area contributed by atoms with Crippen molar-refractivity contribution in [3.8, 4) is 0 Å². The Morgan fingerprint density at radius 2 is 1.66 bits per heavy atom. The van der Waals surface area contributed by atoms with Gasteiger partial charge in [0.2, 0.25) is 0 Å². The second-order valence-corrected chi connectivity index (χ2v) is 8.98. The third-order valence-corrected chi connectivity index (χ3v) is 6.70. The van der Waals surface area contributed by atoms with Gasteiger partial charge in [0.05, 0.1) is 6.61 Å². The fourth-order valence-electron chi connectivity index (χ4n) is 4.99. The van der Waals surface area contributed by atoms with E-state index in [1.54, 1.807) is 20.8 Å². The molecule has 9 nitrogen and oxygen atoms in total. The van der Waals surface area contributed by atoms with Crippen molar-refractivity contribution >= 4 is 28.8 Å². The number of H-pyrrole nitrogens is 1. The molecule has 2 aliphatic rings. The summed E-state index contributed by atoms with van der Waals surface area (Å²) in [5.41, 5.74) is 3.73. The van der Waals surface area contributed by atoms with Crippen LogP contribution in [0, 0.1) is 0 Å². The van der Waals surface area contributed by atoms with Gasteiger partial charge in [-0.3, -0.25) is 19.3 Å². The number of hydrogen-bond donors (Lipinski definition) is 2. The molecule has 0 fully saturated rings. The molecule has 35 heavy (non-hydrogen) atoms. The van der Waals surface area contributed by atoms with Gasteiger partial charge in [0, 0.05) is 48.7 Å². The van der Waals surface area contributed by atoms with E-state index in [-0.39, 0.29) is 43.5 Å². The molecule has 188 valence electrons. The molecule has 4 rings (SSSR count). The van der Waals surface area contributed by atoms with Gasteiger partial charge in [-0.2, -0.15) is 0 Å². The Bertz CT molecular complexity index is 1140. The lowest BCUT2D eigenvalue weighted by atomic mass is 9.76. The maximum Gasteiger partial charge on any atom is 0.469 e. The summed E-state index contributed by atoms with van der Waals surface area (Å²) in [7, 11) is 2.00. The first-order valence-electron chi connectivity index (χ1n) is 12.1. The number of esters is 3. The predicted octanol–water partition coefficient (Wildman–Crippen LogP) is 3.01. The minimum atomic E-state index is -2.36. The monoisotopic (exact) mass is 484 g/mol. The summed E-state index contributed by atoms with van der Waals surface area (Å²) in [4.78, 5) is 43.0. The van der Waals surface area contributed by atoms with Crippen molar-refractivity contribution < 1.29 is 33.7 Å². The molecule has 0 amide bonds. The molecular formula is C26H32N2O7. The standard InChI is InChI=1S/C26H32N2O7/c1-5-21(30)33-26(34-22(31)6-2,35-23(32)7-3)25-18-12-20-17(11-15(14-29)13-28(20)4)16-9-8-10-19(27-25)24(16)18/h8-11,17,20,27,29H,5-7,12-14H2,1-4H3/t17-,20-/m1/s1.